The van der Waals surface area contributed by atoms with Crippen molar-refractivity contribution in [3.8, 4) is 17.3 Å². The van der Waals surface area contributed by atoms with E-state index in [1.807, 2.05) is 0 Å². The van der Waals surface area contributed by atoms with Crippen molar-refractivity contribution in [2.75, 3.05) is 5.73 Å². The molecule has 0 aliphatic rings. The molecule has 2 aromatic heterocycles. The molecule has 2 aromatic rings. The number of hydrogen-bond acceptors (Lipinski definition) is 5. The summed E-state index contributed by atoms with van der Waals surface area (Å²) in [7, 11) is 1.72. The lowest BCUT2D eigenvalue weighted by Gasteiger charge is -2.08. The first-order valence-electron chi connectivity index (χ1n) is 4.84. The second-order valence-electron chi connectivity index (χ2n) is 3.42. The van der Waals surface area contributed by atoms with Gasteiger partial charge in [-0.05, 0) is 12.1 Å². The topological polar surface area (TPSA) is 103 Å². The van der Waals surface area contributed by atoms with Crippen molar-refractivity contribution in [2.45, 2.75) is 0 Å². The average molecular weight is 269 g/mol. The zero-order valence-corrected chi connectivity index (χ0v) is 10.0. The van der Waals surface area contributed by atoms with E-state index >= 15 is 0 Å². The lowest BCUT2D eigenvalue weighted by molar-refractivity contribution is 0.142. The number of rotatable bonds is 2. The van der Waals surface area contributed by atoms with E-state index in [1.165, 1.54) is 6.07 Å². The van der Waals surface area contributed by atoms with Gasteiger partial charge in [0.05, 0.1) is 17.1 Å². The number of nitrogen functional groups attached to an aromatic ring is 1. The first-order valence-corrected chi connectivity index (χ1v) is 5.22. The maximum absolute atomic E-state index is 10.5. The number of carbonyl (C=O) groups is 1. The van der Waals surface area contributed by atoms with E-state index in [1.54, 1.807) is 24.0 Å². The molecule has 7 nitrogen and oxygen atoms in total. The average Bonchev–Trinajstić information content (AvgIpc) is 2.70. The molecule has 0 saturated heterocycles. The zero-order valence-electron chi connectivity index (χ0n) is 9.29. The van der Waals surface area contributed by atoms with Gasteiger partial charge in [0.25, 0.3) is 0 Å². The van der Waals surface area contributed by atoms with Gasteiger partial charge in [-0.25, -0.2) is 9.78 Å². The van der Waals surface area contributed by atoms with Gasteiger partial charge in [-0.2, -0.15) is 5.10 Å². The van der Waals surface area contributed by atoms with Crippen LogP contribution in [0.15, 0.2) is 18.3 Å². The second kappa shape index (κ2) is 4.53. The summed E-state index contributed by atoms with van der Waals surface area (Å²) in [6, 6.07) is 3.23. The molecule has 2 rings (SSSR count). The number of aromatic nitrogens is 3. The van der Waals surface area contributed by atoms with Gasteiger partial charge in [0, 0.05) is 13.2 Å². The minimum Gasteiger partial charge on any atom is -0.449 e. The molecule has 0 spiro atoms. The van der Waals surface area contributed by atoms with Gasteiger partial charge in [0.15, 0.2) is 0 Å². The van der Waals surface area contributed by atoms with Crippen LogP contribution in [-0.2, 0) is 7.05 Å². The molecule has 0 aromatic carbocycles. The van der Waals surface area contributed by atoms with E-state index in [0.29, 0.717) is 11.4 Å². The van der Waals surface area contributed by atoms with Crippen molar-refractivity contribution in [3.63, 3.8) is 0 Å². The summed E-state index contributed by atoms with van der Waals surface area (Å²) >= 11 is 5.81. The van der Waals surface area contributed by atoms with E-state index in [0.717, 1.165) is 0 Å². The number of anilines is 1. The highest BCUT2D eigenvalue weighted by molar-refractivity contribution is 6.34. The molecule has 0 bridgehead atoms. The van der Waals surface area contributed by atoms with Gasteiger partial charge < -0.3 is 15.6 Å². The molecule has 0 saturated carbocycles. The number of nitrogens with zero attached hydrogens (tertiary/aromatic N) is 3. The van der Waals surface area contributed by atoms with Crippen LogP contribution in [0.3, 0.4) is 0 Å². The third-order valence-electron chi connectivity index (χ3n) is 2.22. The van der Waals surface area contributed by atoms with Crippen molar-refractivity contribution >= 4 is 23.4 Å². The Kier molecular flexibility index (Phi) is 3.07. The van der Waals surface area contributed by atoms with Gasteiger partial charge in [-0.3, -0.25) is 4.68 Å². The zero-order chi connectivity index (χ0) is 13.3. The van der Waals surface area contributed by atoms with Crippen molar-refractivity contribution in [2.24, 2.45) is 7.05 Å². The van der Waals surface area contributed by atoms with Crippen LogP contribution in [0, 0.1) is 0 Å². The van der Waals surface area contributed by atoms with Crippen LogP contribution in [0.2, 0.25) is 5.02 Å². The summed E-state index contributed by atoms with van der Waals surface area (Å²) in [5.41, 5.74) is 6.94. The van der Waals surface area contributed by atoms with Crippen molar-refractivity contribution < 1.29 is 14.6 Å². The van der Waals surface area contributed by atoms with E-state index < -0.39 is 6.16 Å². The normalized spacial score (nSPS) is 10.3. The minimum absolute atomic E-state index is 0.0386. The molecule has 18 heavy (non-hydrogen) atoms. The van der Waals surface area contributed by atoms with Crippen LogP contribution >= 0.6 is 11.6 Å². The van der Waals surface area contributed by atoms with E-state index in [9.17, 15) is 4.79 Å². The Labute approximate surface area is 107 Å². The first kappa shape index (κ1) is 12.2. The monoisotopic (exact) mass is 268 g/mol. The lowest BCUT2D eigenvalue weighted by atomic mass is 10.2. The molecule has 0 fully saturated rings. The third kappa shape index (κ3) is 2.21. The fourth-order valence-electron chi connectivity index (χ4n) is 1.43. The van der Waals surface area contributed by atoms with Gasteiger partial charge in [-0.1, -0.05) is 11.6 Å². The van der Waals surface area contributed by atoms with Crippen LogP contribution in [-0.4, -0.2) is 26.0 Å². The Morgan fingerprint density at radius 1 is 1.61 bits per heavy atom. The lowest BCUT2D eigenvalue weighted by Crippen LogP contribution is -2.07. The minimum atomic E-state index is -1.51. The molecule has 0 amide bonds. The number of aryl methyl sites for hydroxylation is 1. The smallest absolute Gasteiger partial charge is 0.449 e. The fourth-order valence-corrected chi connectivity index (χ4v) is 1.57. The van der Waals surface area contributed by atoms with Crippen molar-refractivity contribution in [1.82, 2.24) is 14.8 Å². The predicted octanol–water partition coefficient (Wildman–Crippen LogP) is 1.77. The molecule has 2 heterocycles. The van der Waals surface area contributed by atoms with Crippen molar-refractivity contribution in [1.29, 1.82) is 0 Å². The molecule has 0 aliphatic heterocycles. The molecule has 0 aliphatic carbocycles. The number of nitrogens with two attached hydrogens (primary N) is 1. The maximum atomic E-state index is 10.5. The fraction of sp³-hybridized carbons (Fsp3) is 0.100. The Hall–Kier alpha value is -2.28. The summed E-state index contributed by atoms with van der Waals surface area (Å²) in [4.78, 5) is 14.5. The van der Waals surface area contributed by atoms with Crippen LogP contribution in [0.4, 0.5) is 10.5 Å². The molecule has 0 unspecified atom stereocenters. The summed E-state index contributed by atoms with van der Waals surface area (Å²) in [6.07, 6.45) is 0.0745. The quantitative estimate of drug-likeness (QED) is 0.805. The molecule has 8 heteroatoms. The van der Waals surface area contributed by atoms with Crippen LogP contribution < -0.4 is 10.5 Å². The Morgan fingerprint density at radius 3 is 2.89 bits per heavy atom. The van der Waals surface area contributed by atoms with E-state index in [2.05, 4.69) is 14.8 Å². The number of hydrogen-bond donors (Lipinski definition) is 2. The van der Waals surface area contributed by atoms with Gasteiger partial charge in [0.2, 0.25) is 5.88 Å². The number of ether oxygens (including phenoxy) is 1. The summed E-state index contributed by atoms with van der Waals surface area (Å²) in [6.45, 7) is 0. The highest BCUT2D eigenvalue weighted by atomic mass is 35.5. The Balaban J connectivity index is 2.54. The Morgan fingerprint density at radius 2 is 2.33 bits per heavy atom. The van der Waals surface area contributed by atoms with Crippen LogP contribution in [0.5, 0.6) is 5.88 Å². The molecular formula is C10H9ClN4O3. The SMILES string of the molecule is Cn1nccc1-c1cc(N)c(Cl)c(OC(=O)O)n1. The summed E-state index contributed by atoms with van der Waals surface area (Å²) in [5.74, 6) is -0.250. The number of carboxylic acid groups (broad SMARTS) is 1. The van der Waals surface area contributed by atoms with Crippen LogP contribution in [0.1, 0.15) is 0 Å². The largest absolute Gasteiger partial charge is 0.512 e. The van der Waals surface area contributed by atoms with Crippen LogP contribution in [0.25, 0.3) is 11.4 Å². The molecular weight excluding hydrogens is 260 g/mol. The molecule has 3 N–H and O–H groups in total. The standard InChI is InChI=1S/C10H9ClN4O3/c1-15-7(2-3-13-15)6-4-5(12)8(11)9(14-6)18-10(16)17/h2-4H,1H3,(H2,12,14)(H,16,17). The summed E-state index contributed by atoms with van der Waals surface area (Å²) < 4.78 is 6.04. The molecule has 94 valence electrons. The highest BCUT2D eigenvalue weighted by Gasteiger charge is 2.15. The first-order chi connectivity index (χ1) is 8.49. The van der Waals surface area contributed by atoms with Gasteiger partial charge in [-0.15, -0.1) is 0 Å². The number of halogens is 1. The molecule has 0 atom stereocenters. The Bertz CT molecular complexity index is 611. The highest BCUT2D eigenvalue weighted by Crippen LogP contribution is 2.32. The third-order valence-corrected chi connectivity index (χ3v) is 2.60. The van der Waals surface area contributed by atoms with Crippen molar-refractivity contribution in [3.05, 3.63) is 23.4 Å². The maximum Gasteiger partial charge on any atom is 0.512 e. The summed E-state index contributed by atoms with van der Waals surface area (Å²) in [5, 5.41) is 12.5. The second-order valence-corrected chi connectivity index (χ2v) is 3.80. The predicted molar refractivity (Wildman–Crippen MR) is 64.5 cm³/mol. The van der Waals surface area contributed by atoms with E-state index in [-0.39, 0.29) is 16.6 Å². The number of pyridine rings is 1. The van der Waals surface area contributed by atoms with Gasteiger partial charge in [0.1, 0.15) is 5.02 Å². The molecule has 0 radical (unpaired) electrons. The van der Waals surface area contributed by atoms with E-state index in [4.69, 9.17) is 22.4 Å². The van der Waals surface area contributed by atoms with Gasteiger partial charge >= 0.3 is 6.16 Å².